The van der Waals surface area contributed by atoms with E-state index >= 15 is 0 Å². The second-order valence-electron chi connectivity index (χ2n) is 12.7. The van der Waals surface area contributed by atoms with Gasteiger partial charge in [-0.3, -0.25) is 4.98 Å². The van der Waals surface area contributed by atoms with E-state index < -0.39 is 5.95 Å². The van der Waals surface area contributed by atoms with Gasteiger partial charge in [0.25, 0.3) is 0 Å². The number of aromatic nitrogens is 3. The number of rotatable bonds is 10. The molecule has 1 unspecified atom stereocenters. The number of aryl methyl sites for hydroxylation is 2. The maximum Gasteiger partial charge on any atom is 0.215 e. The van der Waals surface area contributed by atoms with Gasteiger partial charge < -0.3 is 4.74 Å². The molecule has 3 aromatic heterocycles. The Labute approximate surface area is 223 Å². The summed E-state index contributed by atoms with van der Waals surface area (Å²) in [5.41, 5.74) is 5.21. The van der Waals surface area contributed by atoms with Crippen molar-refractivity contribution in [1.82, 2.24) is 15.0 Å². The van der Waals surface area contributed by atoms with Crippen molar-refractivity contribution in [2.75, 3.05) is 0 Å². The van der Waals surface area contributed by atoms with Crippen molar-refractivity contribution in [3.8, 4) is 5.88 Å². The molecular formula is C32H44FN3O. The monoisotopic (exact) mass is 505 g/mol. The van der Waals surface area contributed by atoms with Gasteiger partial charge >= 0.3 is 0 Å². The topological polar surface area (TPSA) is 47.9 Å². The van der Waals surface area contributed by atoms with E-state index in [9.17, 15) is 4.39 Å². The summed E-state index contributed by atoms with van der Waals surface area (Å²) < 4.78 is 19.8. The van der Waals surface area contributed by atoms with E-state index in [1.54, 1.807) is 13.1 Å². The molecule has 200 valence electrons. The highest BCUT2D eigenvalue weighted by Crippen LogP contribution is 2.36. The fourth-order valence-electron chi connectivity index (χ4n) is 4.43. The van der Waals surface area contributed by atoms with Crippen LogP contribution in [0.15, 0.2) is 48.9 Å². The molecule has 0 aliphatic heterocycles. The maximum absolute atomic E-state index is 13.7. The predicted molar refractivity (Wildman–Crippen MR) is 150 cm³/mol. The largest absolute Gasteiger partial charge is 0.475 e. The summed E-state index contributed by atoms with van der Waals surface area (Å²) in [5.74, 6) is 0.288. The van der Waals surface area contributed by atoms with Crippen LogP contribution in [-0.2, 0) is 22.7 Å². The highest BCUT2D eigenvalue weighted by Gasteiger charge is 2.28. The lowest BCUT2D eigenvalue weighted by Crippen LogP contribution is -2.25. The summed E-state index contributed by atoms with van der Waals surface area (Å²) in [4.78, 5) is 13.0. The molecule has 1 atom stereocenters. The molecule has 0 saturated carbocycles. The number of halogens is 1. The number of hydrogen-bond donors (Lipinski definition) is 0. The maximum atomic E-state index is 13.7. The molecule has 3 rings (SSSR count). The zero-order chi connectivity index (χ0) is 27.4. The average Bonchev–Trinajstić information content (AvgIpc) is 2.83. The highest BCUT2D eigenvalue weighted by molar-refractivity contribution is 5.28. The van der Waals surface area contributed by atoms with Crippen LogP contribution in [0.1, 0.15) is 103 Å². The zero-order valence-corrected chi connectivity index (χ0v) is 24.2. The van der Waals surface area contributed by atoms with E-state index in [0.29, 0.717) is 11.4 Å². The number of ether oxygens (including phenoxy) is 1. The molecule has 0 aliphatic carbocycles. The third-order valence-corrected chi connectivity index (χ3v) is 7.50. The van der Waals surface area contributed by atoms with Gasteiger partial charge in [-0.15, -0.1) is 0 Å². The molecule has 0 fully saturated rings. The van der Waals surface area contributed by atoms with Crippen molar-refractivity contribution in [1.29, 1.82) is 0 Å². The van der Waals surface area contributed by atoms with Gasteiger partial charge in [-0.2, -0.15) is 4.39 Å². The number of hydrogen-bond acceptors (Lipinski definition) is 4. The van der Waals surface area contributed by atoms with Crippen LogP contribution in [0.25, 0.3) is 0 Å². The van der Waals surface area contributed by atoms with Gasteiger partial charge in [0, 0.05) is 35.9 Å². The van der Waals surface area contributed by atoms with Crippen LogP contribution in [0.4, 0.5) is 4.39 Å². The normalized spacial score (nSPS) is 13.5. The molecule has 5 heteroatoms. The Balaban J connectivity index is 1.61. The van der Waals surface area contributed by atoms with Gasteiger partial charge in [0.05, 0.1) is 6.10 Å². The van der Waals surface area contributed by atoms with Crippen molar-refractivity contribution < 1.29 is 9.13 Å². The average molecular weight is 506 g/mol. The van der Waals surface area contributed by atoms with Gasteiger partial charge in [-0.1, -0.05) is 48.5 Å². The first kappa shape index (κ1) is 28.7. The van der Waals surface area contributed by atoms with Crippen molar-refractivity contribution >= 4 is 0 Å². The SMILES string of the molecule is Cc1cc(C(C)(C)CCC(C)(C)c2ccnc(CCC(C)Oc3cc(C(C)(C)C)ccn3)c2)cnc1F. The Hall–Kier alpha value is -2.82. The van der Waals surface area contributed by atoms with E-state index in [1.165, 1.54) is 11.1 Å². The van der Waals surface area contributed by atoms with Gasteiger partial charge in [0.15, 0.2) is 0 Å². The Bertz CT molecular complexity index is 1200. The minimum absolute atomic E-state index is 0.0170. The van der Waals surface area contributed by atoms with Crippen molar-refractivity contribution in [2.45, 2.75) is 110 Å². The van der Waals surface area contributed by atoms with E-state index in [2.05, 4.69) is 82.5 Å². The Morgan fingerprint density at radius 2 is 1.43 bits per heavy atom. The molecule has 4 nitrogen and oxygen atoms in total. The summed E-state index contributed by atoms with van der Waals surface area (Å²) in [6.07, 6.45) is 9.13. The lowest BCUT2D eigenvalue weighted by molar-refractivity contribution is 0.202. The summed E-state index contributed by atoms with van der Waals surface area (Å²) in [5, 5.41) is 0. The Morgan fingerprint density at radius 1 is 0.811 bits per heavy atom. The molecular weight excluding hydrogens is 461 g/mol. The summed E-state index contributed by atoms with van der Waals surface area (Å²) in [6, 6.07) is 10.4. The van der Waals surface area contributed by atoms with Gasteiger partial charge in [0.1, 0.15) is 0 Å². The minimum atomic E-state index is -0.390. The zero-order valence-electron chi connectivity index (χ0n) is 24.2. The van der Waals surface area contributed by atoms with Gasteiger partial charge in [-0.25, -0.2) is 9.97 Å². The van der Waals surface area contributed by atoms with Crippen LogP contribution < -0.4 is 4.74 Å². The molecule has 0 aliphatic rings. The van der Waals surface area contributed by atoms with E-state index in [0.717, 1.165) is 36.9 Å². The summed E-state index contributed by atoms with van der Waals surface area (Å²) >= 11 is 0. The van der Waals surface area contributed by atoms with Crippen LogP contribution in [0.2, 0.25) is 0 Å². The van der Waals surface area contributed by atoms with E-state index in [4.69, 9.17) is 4.74 Å². The Morgan fingerprint density at radius 3 is 2.08 bits per heavy atom. The third kappa shape index (κ3) is 7.83. The molecule has 0 spiro atoms. The van der Waals surface area contributed by atoms with Crippen LogP contribution >= 0.6 is 0 Å². The smallest absolute Gasteiger partial charge is 0.215 e. The molecule has 3 heterocycles. The number of nitrogens with zero attached hydrogens (tertiary/aromatic N) is 3. The Kier molecular flexibility index (Phi) is 8.77. The number of pyridine rings is 3. The first-order chi connectivity index (χ1) is 17.2. The van der Waals surface area contributed by atoms with Crippen molar-refractivity contribution in [3.63, 3.8) is 0 Å². The van der Waals surface area contributed by atoms with Crippen molar-refractivity contribution in [2.24, 2.45) is 0 Å². The summed E-state index contributed by atoms with van der Waals surface area (Å²) in [7, 11) is 0. The summed E-state index contributed by atoms with van der Waals surface area (Å²) in [6.45, 7) is 19.4. The molecule has 0 aromatic carbocycles. The van der Waals surface area contributed by atoms with E-state index in [1.807, 2.05) is 30.6 Å². The third-order valence-electron chi connectivity index (χ3n) is 7.50. The van der Waals surface area contributed by atoms with Crippen molar-refractivity contribution in [3.05, 3.63) is 82.8 Å². The van der Waals surface area contributed by atoms with E-state index in [-0.39, 0.29) is 22.3 Å². The molecule has 3 aromatic rings. The lowest BCUT2D eigenvalue weighted by Gasteiger charge is -2.32. The second kappa shape index (κ2) is 11.3. The molecule has 0 N–H and O–H groups in total. The standard InChI is InChI=1S/C32H44FN3O/c1-22-18-26(21-36-29(22)33)32(8,9)15-14-31(6,7)25-13-16-34-27(19-25)11-10-23(2)37-28-20-24(12-17-35-28)30(3,4)5/h12-13,16-21,23H,10-11,14-15H2,1-9H3. The van der Waals surface area contributed by atoms with Crippen LogP contribution in [-0.4, -0.2) is 21.1 Å². The first-order valence-corrected chi connectivity index (χ1v) is 13.4. The predicted octanol–water partition coefficient (Wildman–Crippen LogP) is 8.05. The second-order valence-corrected chi connectivity index (χ2v) is 12.7. The first-order valence-electron chi connectivity index (χ1n) is 13.4. The van der Waals surface area contributed by atoms with Gasteiger partial charge in [0.2, 0.25) is 11.8 Å². The van der Waals surface area contributed by atoms with Crippen LogP contribution in [0, 0.1) is 12.9 Å². The fourth-order valence-corrected chi connectivity index (χ4v) is 4.43. The molecule has 0 amide bonds. The molecule has 37 heavy (non-hydrogen) atoms. The van der Waals surface area contributed by atoms with Crippen LogP contribution in [0.5, 0.6) is 5.88 Å². The lowest BCUT2D eigenvalue weighted by atomic mass is 9.73. The quantitative estimate of drug-likeness (QED) is 0.262. The molecule has 0 saturated heterocycles. The minimum Gasteiger partial charge on any atom is -0.475 e. The van der Waals surface area contributed by atoms with Gasteiger partial charge in [-0.05, 0) is 96.7 Å². The molecule has 0 bridgehead atoms. The molecule has 0 radical (unpaired) electrons. The highest BCUT2D eigenvalue weighted by atomic mass is 19.1. The van der Waals surface area contributed by atoms with Crippen LogP contribution in [0.3, 0.4) is 0 Å². The fraction of sp³-hybridized carbons (Fsp3) is 0.531.